The molecule has 0 spiro atoms. The highest BCUT2D eigenvalue weighted by Gasteiger charge is 2.15. The number of fused-ring (bicyclic) bond motifs is 1. The predicted molar refractivity (Wildman–Crippen MR) is 74.9 cm³/mol. The van der Waals surface area contributed by atoms with E-state index in [2.05, 4.69) is 4.57 Å². The summed E-state index contributed by atoms with van der Waals surface area (Å²) in [6, 6.07) is 4.02. The fourth-order valence-electron chi connectivity index (χ4n) is 2.72. The van der Waals surface area contributed by atoms with Crippen LogP contribution in [0.1, 0.15) is 23.2 Å². The Labute approximate surface area is 112 Å². The molecule has 0 amide bonds. The van der Waals surface area contributed by atoms with Gasteiger partial charge < -0.3 is 14.4 Å². The third-order valence-electron chi connectivity index (χ3n) is 3.66. The molecule has 0 aliphatic carbocycles. The average molecular weight is 261 g/mol. The van der Waals surface area contributed by atoms with Crippen LogP contribution in [0.25, 0.3) is 10.9 Å². The number of carbonyl (C=O) groups is 1. The molecule has 1 aromatic carbocycles. The van der Waals surface area contributed by atoms with E-state index in [9.17, 15) is 4.79 Å². The molecule has 19 heavy (non-hydrogen) atoms. The largest absolute Gasteiger partial charge is 0.497 e. The highest BCUT2D eigenvalue weighted by Crippen LogP contribution is 2.31. The van der Waals surface area contributed by atoms with Gasteiger partial charge in [-0.15, -0.1) is 0 Å². The quantitative estimate of drug-likeness (QED) is 0.920. The van der Waals surface area contributed by atoms with Crippen LogP contribution in [0.2, 0.25) is 0 Å². The maximum atomic E-state index is 10.7. The van der Waals surface area contributed by atoms with Gasteiger partial charge in [0.25, 0.3) is 0 Å². The van der Waals surface area contributed by atoms with Crippen LogP contribution in [-0.4, -0.2) is 22.8 Å². The van der Waals surface area contributed by atoms with Crippen LogP contribution in [-0.2, 0) is 18.3 Å². The summed E-state index contributed by atoms with van der Waals surface area (Å²) in [4.78, 5) is 10.7. The molecule has 0 fully saturated rings. The SMILES string of the molecule is COc1cc(C)c2c(c1)c(C)c(CCC(=O)O)n2C. The van der Waals surface area contributed by atoms with Crippen molar-refractivity contribution in [2.24, 2.45) is 7.05 Å². The normalized spacial score (nSPS) is 10.9. The lowest BCUT2D eigenvalue weighted by Crippen LogP contribution is -2.03. The van der Waals surface area contributed by atoms with E-state index >= 15 is 0 Å². The Morgan fingerprint density at radius 3 is 2.63 bits per heavy atom. The molecule has 2 aromatic rings. The van der Waals surface area contributed by atoms with Crippen LogP contribution in [0.15, 0.2) is 12.1 Å². The van der Waals surface area contributed by atoms with Gasteiger partial charge in [-0.05, 0) is 43.5 Å². The molecular formula is C15H19NO3. The van der Waals surface area contributed by atoms with E-state index in [4.69, 9.17) is 9.84 Å². The average Bonchev–Trinajstić information content (AvgIpc) is 2.59. The first-order chi connectivity index (χ1) is 8.95. The van der Waals surface area contributed by atoms with E-state index in [0.29, 0.717) is 6.42 Å². The number of benzene rings is 1. The molecule has 0 atom stereocenters. The van der Waals surface area contributed by atoms with Gasteiger partial charge in [0.1, 0.15) is 5.75 Å². The lowest BCUT2D eigenvalue weighted by Gasteiger charge is -2.06. The number of aryl methyl sites for hydroxylation is 3. The minimum Gasteiger partial charge on any atom is -0.497 e. The summed E-state index contributed by atoms with van der Waals surface area (Å²) in [5, 5.41) is 9.98. The summed E-state index contributed by atoms with van der Waals surface area (Å²) >= 11 is 0. The van der Waals surface area contributed by atoms with Crippen LogP contribution >= 0.6 is 0 Å². The van der Waals surface area contributed by atoms with Crippen molar-refractivity contribution in [3.8, 4) is 5.75 Å². The van der Waals surface area contributed by atoms with Gasteiger partial charge in [0.2, 0.25) is 0 Å². The molecule has 1 N–H and O–H groups in total. The first kappa shape index (κ1) is 13.5. The minimum absolute atomic E-state index is 0.154. The molecule has 4 nitrogen and oxygen atoms in total. The molecule has 0 unspecified atom stereocenters. The Hall–Kier alpha value is -1.97. The van der Waals surface area contributed by atoms with Crippen molar-refractivity contribution in [1.82, 2.24) is 4.57 Å². The van der Waals surface area contributed by atoms with Crippen LogP contribution in [0.4, 0.5) is 0 Å². The fraction of sp³-hybridized carbons (Fsp3) is 0.400. The maximum absolute atomic E-state index is 10.7. The molecule has 0 aliphatic heterocycles. The lowest BCUT2D eigenvalue weighted by atomic mass is 10.1. The van der Waals surface area contributed by atoms with Crippen molar-refractivity contribution in [3.63, 3.8) is 0 Å². The van der Waals surface area contributed by atoms with E-state index in [1.54, 1.807) is 7.11 Å². The van der Waals surface area contributed by atoms with Crippen LogP contribution in [0.5, 0.6) is 5.75 Å². The highest BCUT2D eigenvalue weighted by molar-refractivity contribution is 5.89. The molecule has 2 rings (SSSR count). The molecule has 0 bridgehead atoms. The Bertz CT molecular complexity index is 641. The summed E-state index contributed by atoms with van der Waals surface area (Å²) in [6.07, 6.45) is 0.704. The van der Waals surface area contributed by atoms with Crippen LogP contribution in [0, 0.1) is 13.8 Å². The Morgan fingerprint density at radius 2 is 2.05 bits per heavy atom. The topological polar surface area (TPSA) is 51.5 Å². The number of aromatic nitrogens is 1. The number of carboxylic acids is 1. The molecule has 102 valence electrons. The highest BCUT2D eigenvalue weighted by atomic mass is 16.5. The number of carboxylic acid groups (broad SMARTS) is 1. The molecule has 0 radical (unpaired) electrons. The third-order valence-corrected chi connectivity index (χ3v) is 3.66. The number of hydrogen-bond donors (Lipinski definition) is 1. The second-order valence-corrected chi connectivity index (χ2v) is 4.86. The number of rotatable bonds is 4. The van der Waals surface area contributed by atoms with Gasteiger partial charge in [-0.25, -0.2) is 0 Å². The summed E-state index contributed by atoms with van der Waals surface area (Å²) in [5.74, 6) is 0.0717. The smallest absolute Gasteiger partial charge is 0.303 e. The molecule has 4 heteroatoms. The van der Waals surface area contributed by atoms with E-state index < -0.39 is 5.97 Å². The van der Waals surface area contributed by atoms with E-state index in [1.807, 2.05) is 33.0 Å². The second kappa shape index (κ2) is 4.96. The Balaban J connectivity index is 2.61. The number of aliphatic carboxylic acids is 1. The van der Waals surface area contributed by atoms with Gasteiger partial charge in [0.15, 0.2) is 0 Å². The summed E-state index contributed by atoms with van der Waals surface area (Å²) in [5.41, 5.74) is 4.51. The summed E-state index contributed by atoms with van der Waals surface area (Å²) < 4.78 is 7.40. The van der Waals surface area contributed by atoms with Gasteiger partial charge in [0, 0.05) is 18.1 Å². The van der Waals surface area contributed by atoms with Crippen molar-refractivity contribution >= 4 is 16.9 Å². The zero-order valence-corrected chi connectivity index (χ0v) is 11.8. The fourth-order valence-corrected chi connectivity index (χ4v) is 2.72. The molecule has 1 aromatic heterocycles. The van der Waals surface area contributed by atoms with Gasteiger partial charge >= 0.3 is 5.97 Å². The van der Waals surface area contributed by atoms with Crippen molar-refractivity contribution in [3.05, 3.63) is 29.0 Å². The number of nitrogens with zero attached hydrogens (tertiary/aromatic N) is 1. The number of ether oxygens (including phenoxy) is 1. The molecule has 0 aliphatic rings. The number of hydrogen-bond acceptors (Lipinski definition) is 2. The summed E-state index contributed by atoms with van der Waals surface area (Å²) in [7, 11) is 3.65. The molecular weight excluding hydrogens is 242 g/mol. The van der Waals surface area contributed by atoms with Gasteiger partial charge in [-0.3, -0.25) is 4.79 Å². The zero-order chi connectivity index (χ0) is 14.2. The second-order valence-electron chi connectivity index (χ2n) is 4.86. The first-order valence-electron chi connectivity index (χ1n) is 6.30. The Kier molecular flexibility index (Phi) is 3.51. The predicted octanol–water partition coefficient (Wildman–Crippen LogP) is 2.82. The third kappa shape index (κ3) is 2.30. The van der Waals surface area contributed by atoms with Crippen molar-refractivity contribution in [2.75, 3.05) is 7.11 Å². The van der Waals surface area contributed by atoms with Crippen molar-refractivity contribution in [1.29, 1.82) is 0 Å². The van der Waals surface area contributed by atoms with Gasteiger partial charge in [-0.2, -0.15) is 0 Å². The minimum atomic E-state index is -0.765. The number of methoxy groups -OCH3 is 1. The molecule has 1 heterocycles. The molecule has 0 saturated heterocycles. The monoisotopic (exact) mass is 261 g/mol. The van der Waals surface area contributed by atoms with Crippen LogP contribution < -0.4 is 4.74 Å². The van der Waals surface area contributed by atoms with Gasteiger partial charge in [-0.1, -0.05) is 0 Å². The first-order valence-corrected chi connectivity index (χ1v) is 6.30. The van der Waals surface area contributed by atoms with Gasteiger partial charge in [0.05, 0.1) is 19.0 Å². The molecule has 0 saturated carbocycles. The standard InChI is InChI=1S/C15H19NO3/c1-9-7-11(19-4)8-12-10(2)13(5-6-14(17)18)16(3)15(9)12/h7-8H,5-6H2,1-4H3,(H,17,18). The lowest BCUT2D eigenvalue weighted by molar-refractivity contribution is -0.136. The van der Waals surface area contributed by atoms with Crippen LogP contribution in [0.3, 0.4) is 0 Å². The zero-order valence-electron chi connectivity index (χ0n) is 11.8. The van der Waals surface area contributed by atoms with Crippen molar-refractivity contribution < 1.29 is 14.6 Å². The van der Waals surface area contributed by atoms with E-state index in [-0.39, 0.29) is 6.42 Å². The van der Waals surface area contributed by atoms with E-state index in [0.717, 1.165) is 33.5 Å². The van der Waals surface area contributed by atoms with E-state index in [1.165, 1.54) is 0 Å². The Morgan fingerprint density at radius 1 is 1.37 bits per heavy atom. The summed E-state index contributed by atoms with van der Waals surface area (Å²) in [6.45, 7) is 4.09. The van der Waals surface area contributed by atoms with Crippen molar-refractivity contribution in [2.45, 2.75) is 26.7 Å². The maximum Gasteiger partial charge on any atom is 0.303 e.